The summed E-state index contributed by atoms with van der Waals surface area (Å²) in [6.45, 7) is 8.64. The number of nitrogens with zero attached hydrogens (tertiary/aromatic N) is 4. The Hall–Kier alpha value is -2.50. The number of aryl methyl sites for hydroxylation is 1. The number of nitrogens with one attached hydrogen (secondary N) is 1. The van der Waals surface area contributed by atoms with Crippen LogP contribution in [0.3, 0.4) is 0 Å². The predicted octanol–water partition coefficient (Wildman–Crippen LogP) is 3.45. The van der Waals surface area contributed by atoms with E-state index in [0.717, 1.165) is 29.6 Å². The summed E-state index contributed by atoms with van der Waals surface area (Å²) in [4.78, 5) is 27.4. The Morgan fingerprint density at radius 1 is 1.28 bits per heavy atom. The van der Waals surface area contributed by atoms with E-state index in [4.69, 9.17) is 4.98 Å². The van der Waals surface area contributed by atoms with Gasteiger partial charge in [0.05, 0.1) is 5.69 Å². The fourth-order valence-electron chi connectivity index (χ4n) is 3.55. The first-order valence-electron chi connectivity index (χ1n) is 8.79. The van der Waals surface area contributed by atoms with Gasteiger partial charge in [0.1, 0.15) is 17.5 Å². The van der Waals surface area contributed by atoms with E-state index in [1.165, 1.54) is 25.3 Å². The standard InChI is InChI=1S/C19H23N5O/c1-11(2)18-21-12(3)7-17(23-18)24-10-19(5-6-19)14-9-20-16(8-15(14)24)22-13(4)25/h7-9,11H,5-6,10H2,1-4H3,(H,20,22,25). The molecule has 0 bridgehead atoms. The second kappa shape index (κ2) is 5.51. The maximum atomic E-state index is 11.4. The third kappa shape index (κ3) is 2.75. The Balaban J connectivity index is 1.79. The van der Waals surface area contributed by atoms with Gasteiger partial charge in [-0.2, -0.15) is 0 Å². The van der Waals surface area contributed by atoms with Crippen molar-refractivity contribution in [3.05, 3.63) is 35.4 Å². The van der Waals surface area contributed by atoms with Gasteiger partial charge in [-0.15, -0.1) is 0 Å². The number of hydrogen-bond donors (Lipinski definition) is 1. The smallest absolute Gasteiger partial charge is 0.222 e. The van der Waals surface area contributed by atoms with E-state index in [2.05, 4.69) is 34.0 Å². The summed E-state index contributed by atoms with van der Waals surface area (Å²) < 4.78 is 0. The van der Waals surface area contributed by atoms with E-state index in [1.807, 2.05) is 25.3 Å². The number of rotatable bonds is 3. The molecule has 1 spiro atoms. The highest BCUT2D eigenvalue weighted by molar-refractivity contribution is 5.89. The van der Waals surface area contributed by atoms with Crippen molar-refractivity contribution in [1.29, 1.82) is 0 Å². The maximum Gasteiger partial charge on any atom is 0.222 e. The quantitative estimate of drug-likeness (QED) is 0.929. The van der Waals surface area contributed by atoms with Crippen molar-refractivity contribution < 1.29 is 4.79 Å². The highest BCUT2D eigenvalue weighted by Crippen LogP contribution is 2.58. The predicted molar refractivity (Wildman–Crippen MR) is 97.3 cm³/mol. The molecule has 1 aliphatic carbocycles. The Morgan fingerprint density at radius 2 is 2.04 bits per heavy atom. The topological polar surface area (TPSA) is 71.0 Å². The molecule has 4 rings (SSSR count). The van der Waals surface area contributed by atoms with Crippen LogP contribution in [0.5, 0.6) is 0 Å². The summed E-state index contributed by atoms with van der Waals surface area (Å²) in [5.41, 5.74) is 3.55. The highest BCUT2D eigenvalue weighted by Gasteiger charge is 2.52. The second-order valence-corrected chi connectivity index (χ2v) is 7.51. The molecule has 1 fully saturated rings. The number of amides is 1. The molecule has 0 radical (unpaired) electrons. The summed E-state index contributed by atoms with van der Waals surface area (Å²) in [5, 5.41) is 2.79. The lowest BCUT2D eigenvalue weighted by atomic mass is 10.0. The lowest BCUT2D eigenvalue weighted by Crippen LogP contribution is -2.21. The molecule has 2 aliphatic rings. The lowest BCUT2D eigenvalue weighted by molar-refractivity contribution is -0.114. The maximum absolute atomic E-state index is 11.4. The second-order valence-electron chi connectivity index (χ2n) is 7.51. The first-order valence-corrected chi connectivity index (χ1v) is 8.79. The third-order valence-electron chi connectivity index (χ3n) is 5.01. The number of pyridine rings is 1. The summed E-state index contributed by atoms with van der Waals surface area (Å²) in [7, 11) is 0. The molecule has 0 saturated heterocycles. The number of hydrogen-bond acceptors (Lipinski definition) is 5. The van der Waals surface area contributed by atoms with Crippen molar-refractivity contribution in [3.8, 4) is 0 Å². The van der Waals surface area contributed by atoms with Crippen LogP contribution in [0.15, 0.2) is 18.3 Å². The molecule has 1 amide bonds. The largest absolute Gasteiger partial charge is 0.325 e. The van der Waals surface area contributed by atoms with Crippen LogP contribution < -0.4 is 10.2 Å². The normalized spacial score (nSPS) is 17.1. The first-order chi connectivity index (χ1) is 11.9. The minimum atomic E-state index is -0.113. The van der Waals surface area contributed by atoms with E-state index >= 15 is 0 Å². The SMILES string of the molecule is CC(=O)Nc1cc2c(cn1)C1(CC1)CN2c1cc(C)nc(C(C)C)n1. The van der Waals surface area contributed by atoms with Crippen molar-refractivity contribution in [2.45, 2.75) is 51.9 Å². The molecule has 6 nitrogen and oxygen atoms in total. The molecule has 1 saturated carbocycles. The van der Waals surface area contributed by atoms with Gasteiger partial charge < -0.3 is 10.2 Å². The Labute approximate surface area is 147 Å². The van der Waals surface area contributed by atoms with Crippen LogP contribution in [0.4, 0.5) is 17.3 Å². The monoisotopic (exact) mass is 337 g/mol. The van der Waals surface area contributed by atoms with Crippen LogP contribution in [0.1, 0.15) is 56.6 Å². The molecule has 0 unspecified atom stereocenters. The third-order valence-corrected chi connectivity index (χ3v) is 5.01. The van der Waals surface area contributed by atoms with E-state index in [1.54, 1.807) is 0 Å². The van der Waals surface area contributed by atoms with Crippen LogP contribution in [-0.2, 0) is 10.2 Å². The van der Waals surface area contributed by atoms with Gasteiger partial charge in [-0.1, -0.05) is 13.8 Å². The zero-order valence-corrected chi connectivity index (χ0v) is 15.1. The summed E-state index contributed by atoms with van der Waals surface area (Å²) >= 11 is 0. The number of carbonyl (C=O) groups excluding carboxylic acids is 1. The van der Waals surface area contributed by atoms with Gasteiger partial charge in [0.25, 0.3) is 0 Å². The van der Waals surface area contributed by atoms with E-state index in [9.17, 15) is 4.79 Å². The van der Waals surface area contributed by atoms with E-state index in [0.29, 0.717) is 5.82 Å². The zero-order valence-electron chi connectivity index (χ0n) is 15.1. The molecule has 130 valence electrons. The first kappa shape index (κ1) is 16.0. The molecule has 2 aromatic rings. The van der Waals surface area contributed by atoms with E-state index in [-0.39, 0.29) is 17.2 Å². The molecular formula is C19H23N5O. The van der Waals surface area contributed by atoms with Gasteiger partial charge in [-0.3, -0.25) is 4.79 Å². The fraction of sp³-hybridized carbons (Fsp3) is 0.474. The zero-order chi connectivity index (χ0) is 17.8. The number of aromatic nitrogens is 3. The molecule has 0 aromatic carbocycles. The molecule has 0 atom stereocenters. The van der Waals surface area contributed by atoms with Gasteiger partial charge in [0.15, 0.2) is 0 Å². The average molecular weight is 337 g/mol. The fourth-order valence-corrected chi connectivity index (χ4v) is 3.55. The summed E-state index contributed by atoms with van der Waals surface area (Å²) in [5.74, 6) is 2.55. The minimum absolute atomic E-state index is 0.113. The van der Waals surface area contributed by atoms with E-state index < -0.39 is 0 Å². The van der Waals surface area contributed by atoms with Crippen molar-refractivity contribution in [1.82, 2.24) is 15.0 Å². The van der Waals surface area contributed by atoms with Gasteiger partial charge in [0.2, 0.25) is 5.91 Å². The van der Waals surface area contributed by atoms with Crippen molar-refractivity contribution in [2.75, 3.05) is 16.8 Å². The molecule has 6 heteroatoms. The van der Waals surface area contributed by atoms with Crippen LogP contribution >= 0.6 is 0 Å². The van der Waals surface area contributed by atoms with Crippen LogP contribution in [0, 0.1) is 6.92 Å². The number of fused-ring (bicyclic) bond motifs is 2. The Morgan fingerprint density at radius 3 is 2.68 bits per heavy atom. The Kier molecular flexibility index (Phi) is 3.52. The average Bonchev–Trinajstić information content (AvgIpc) is 3.24. The molecule has 25 heavy (non-hydrogen) atoms. The van der Waals surface area contributed by atoms with Gasteiger partial charge in [-0.25, -0.2) is 15.0 Å². The molecule has 2 aromatic heterocycles. The van der Waals surface area contributed by atoms with Crippen LogP contribution in [0.2, 0.25) is 0 Å². The lowest BCUT2D eigenvalue weighted by Gasteiger charge is -2.21. The Bertz CT molecular complexity index is 857. The van der Waals surface area contributed by atoms with Gasteiger partial charge >= 0.3 is 0 Å². The highest BCUT2D eigenvalue weighted by atomic mass is 16.1. The molecule has 1 N–H and O–H groups in total. The van der Waals surface area contributed by atoms with Crippen LogP contribution in [0.25, 0.3) is 0 Å². The van der Waals surface area contributed by atoms with Crippen molar-refractivity contribution in [3.63, 3.8) is 0 Å². The number of carbonyl (C=O) groups is 1. The van der Waals surface area contributed by atoms with Crippen molar-refractivity contribution >= 4 is 23.2 Å². The minimum Gasteiger partial charge on any atom is -0.325 e. The number of anilines is 3. The van der Waals surface area contributed by atoms with Crippen molar-refractivity contribution in [2.24, 2.45) is 0 Å². The molecule has 3 heterocycles. The molecule has 1 aliphatic heterocycles. The van der Waals surface area contributed by atoms with Crippen LogP contribution in [-0.4, -0.2) is 27.4 Å². The van der Waals surface area contributed by atoms with Gasteiger partial charge in [-0.05, 0) is 19.8 Å². The molecular weight excluding hydrogens is 314 g/mol. The summed E-state index contributed by atoms with van der Waals surface area (Å²) in [6, 6.07) is 4.01. The summed E-state index contributed by atoms with van der Waals surface area (Å²) in [6.07, 6.45) is 4.28. The van der Waals surface area contributed by atoms with Gasteiger partial charge in [0, 0.05) is 54.4 Å².